The standard InChI is InChI=1S/C47H55N2O8PSi/c1-8-31-56-46(53)45(58(35-19-12-9-13-20-35,36-21-14-10-15-22-36)37-23-16-11-17-24-37)48-41(40(44(48)52)32(2)57-59(6,7)47(3,4)5)38-25-18-26-39(43(38)51)42(50)33-27-29-34(30-28-33)49(54)55/h8-17,19-24,27-30,32,38-42,50H,1,18,25-26,31H2,2-7H3/t32-,38-,39?,40-,41-,42?/m1/s1. The molecule has 1 N–H and O–H groups in total. The summed E-state index contributed by atoms with van der Waals surface area (Å²) in [5.41, 5.74) is 0.439. The molecule has 12 heteroatoms. The lowest BCUT2D eigenvalue weighted by Gasteiger charge is -2.56. The Kier molecular flexibility index (Phi) is 13.1. The predicted octanol–water partition coefficient (Wildman–Crippen LogP) is 7.70. The molecule has 1 aliphatic heterocycles. The number of ketones is 1. The Balaban J connectivity index is 1.62. The van der Waals surface area contributed by atoms with Gasteiger partial charge in [-0.1, -0.05) is 131 Å². The normalized spacial score (nSPS) is 20.9. The number of hydrogen-bond acceptors (Lipinski definition) is 8. The number of carbonyl (C=O) groups excluding carboxylic acids is 3. The number of nitro groups is 1. The summed E-state index contributed by atoms with van der Waals surface area (Å²) in [5, 5.41) is 25.5. The molecular formula is C47H55N2O8PSi. The number of non-ortho nitro benzene ring substituents is 1. The third kappa shape index (κ3) is 8.31. The van der Waals surface area contributed by atoms with E-state index in [9.17, 15) is 15.2 Å². The first kappa shape index (κ1) is 43.6. The molecule has 310 valence electrons. The second-order valence-electron chi connectivity index (χ2n) is 17.0. The maximum Gasteiger partial charge on any atom is 0.356 e. The highest BCUT2D eigenvalue weighted by atomic mass is 31.2. The monoisotopic (exact) mass is 834 g/mol. The Morgan fingerprint density at radius 3 is 1.88 bits per heavy atom. The Hall–Kier alpha value is -4.93. The van der Waals surface area contributed by atoms with Crippen LogP contribution in [0.25, 0.3) is 0 Å². The van der Waals surface area contributed by atoms with Gasteiger partial charge < -0.3 is 19.2 Å². The Morgan fingerprint density at radius 2 is 1.42 bits per heavy atom. The van der Waals surface area contributed by atoms with Gasteiger partial charge in [-0.05, 0) is 71.5 Å². The minimum Gasteiger partial charge on any atom is -0.457 e. The minimum atomic E-state index is -3.28. The molecule has 6 rings (SSSR count). The van der Waals surface area contributed by atoms with E-state index in [1.807, 2.05) is 97.9 Å². The van der Waals surface area contributed by atoms with Crippen LogP contribution in [0.1, 0.15) is 58.6 Å². The average Bonchev–Trinajstić information content (AvgIpc) is 3.22. The fraction of sp³-hybridized carbons (Fsp3) is 0.362. The number of aliphatic hydroxyl groups is 1. The molecule has 4 aromatic carbocycles. The van der Waals surface area contributed by atoms with Gasteiger partial charge in [0.25, 0.3) is 5.69 Å². The maximum absolute atomic E-state index is 15.4. The molecule has 2 aliphatic rings. The van der Waals surface area contributed by atoms with E-state index in [1.54, 1.807) is 4.90 Å². The highest BCUT2D eigenvalue weighted by Crippen LogP contribution is 2.52. The number of nitro benzene ring substituents is 1. The first-order chi connectivity index (χ1) is 28.1. The van der Waals surface area contributed by atoms with Gasteiger partial charge >= 0.3 is 5.97 Å². The van der Waals surface area contributed by atoms with E-state index in [2.05, 4.69) is 40.4 Å². The van der Waals surface area contributed by atoms with Crippen LogP contribution >= 0.6 is 6.89 Å². The summed E-state index contributed by atoms with van der Waals surface area (Å²) >= 11 is 0. The van der Waals surface area contributed by atoms with Crippen molar-refractivity contribution in [2.24, 2.45) is 17.8 Å². The van der Waals surface area contributed by atoms with Crippen LogP contribution in [0.3, 0.4) is 0 Å². The van der Waals surface area contributed by atoms with E-state index in [0.717, 1.165) is 15.9 Å². The largest absolute Gasteiger partial charge is 0.457 e. The summed E-state index contributed by atoms with van der Waals surface area (Å²) in [6, 6.07) is 34.0. The van der Waals surface area contributed by atoms with Gasteiger partial charge in [-0.15, -0.1) is 0 Å². The summed E-state index contributed by atoms with van der Waals surface area (Å²) < 4.78 is 12.9. The number of Topliss-reactive ketones (excluding diaryl/α,β-unsaturated/α-hetero) is 1. The van der Waals surface area contributed by atoms with Crippen LogP contribution in [0, 0.1) is 27.9 Å². The Morgan fingerprint density at radius 1 is 0.915 bits per heavy atom. The van der Waals surface area contributed by atoms with Crippen molar-refractivity contribution in [3.63, 3.8) is 0 Å². The molecule has 1 amide bonds. The molecule has 0 bridgehead atoms. The lowest BCUT2D eigenvalue weighted by molar-refractivity contribution is -0.384. The molecule has 0 spiro atoms. The molecule has 1 aliphatic carbocycles. The number of amides is 1. The van der Waals surface area contributed by atoms with Crippen molar-refractivity contribution in [1.29, 1.82) is 0 Å². The average molecular weight is 835 g/mol. The summed E-state index contributed by atoms with van der Waals surface area (Å²) in [5.74, 6) is -3.66. The number of hydrogen-bond donors (Lipinski definition) is 1. The molecule has 2 fully saturated rings. The van der Waals surface area contributed by atoms with Gasteiger partial charge in [0.15, 0.2) is 8.32 Å². The maximum atomic E-state index is 15.4. The van der Waals surface area contributed by atoms with Gasteiger partial charge in [0.05, 0.1) is 29.1 Å². The van der Waals surface area contributed by atoms with E-state index in [-0.39, 0.29) is 34.4 Å². The molecule has 1 heterocycles. The van der Waals surface area contributed by atoms with Crippen molar-refractivity contribution in [3.8, 4) is 0 Å². The number of aliphatic hydroxyl groups excluding tert-OH is 1. The molecule has 4 aromatic rings. The van der Waals surface area contributed by atoms with E-state index < -0.39 is 62.1 Å². The minimum absolute atomic E-state index is 0.104. The third-order valence-electron chi connectivity index (χ3n) is 12.5. The van der Waals surface area contributed by atoms with Gasteiger partial charge in [0.1, 0.15) is 17.8 Å². The third-order valence-corrected chi connectivity index (χ3v) is 21.3. The highest BCUT2D eigenvalue weighted by molar-refractivity contribution is 7.96. The topological polar surface area (TPSA) is 136 Å². The fourth-order valence-corrected chi connectivity index (χ4v) is 14.4. The molecule has 10 nitrogen and oxygen atoms in total. The summed E-state index contributed by atoms with van der Waals surface area (Å²) in [7, 11) is -2.46. The summed E-state index contributed by atoms with van der Waals surface area (Å²) in [4.78, 5) is 58.1. The zero-order valence-electron chi connectivity index (χ0n) is 34.7. The van der Waals surface area contributed by atoms with Crippen LogP contribution in [0.2, 0.25) is 18.1 Å². The Labute approximate surface area is 348 Å². The highest BCUT2D eigenvalue weighted by Gasteiger charge is 2.61. The first-order valence-corrected chi connectivity index (χ1v) is 24.9. The summed E-state index contributed by atoms with van der Waals surface area (Å²) in [6.07, 6.45) is 1.02. The molecular weight excluding hydrogens is 780 g/mol. The molecule has 2 unspecified atom stereocenters. The smallest absolute Gasteiger partial charge is 0.356 e. The van der Waals surface area contributed by atoms with Crippen molar-refractivity contribution in [2.75, 3.05) is 6.61 Å². The quantitative estimate of drug-likeness (QED) is 0.0260. The van der Waals surface area contributed by atoms with Crippen LogP contribution < -0.4 is 15.9 Å². The van der Waals surface area contributed by atoms with E-state index in [4.69, 9.17) is 9.16 Å². The number of carbonyl (C=O) groups is 3. The summed E-state index contributed by atoms with van der Waals surface area (Å²) in [6.45, 7) is 13.0. The van der Waals surface area contributed by atoms with Gasteiger partial charge in [0, 0.05) is 30.9 Å². The number of likely N-dealkylation sites (tertiary alicyclic amines) is 1. The zero-order valence-corrected chi connectivity index (χ0v) is 36.6. The number of ether oxygens (including phenoxy) is 1. The van der Waals surface area contributed by atoms with Crippen LogP contribution in [0.4, 0.5) is 5.69 Å². The predicted molar refractivity (Wildman–Crippen MR) is 237 cm³/mol. The van der Waals surface area contributed by atoms with Crippen molar-refractivity contribution in [2.45, 2.75) is 83.3 Å². The van der Waals surface area contributed by atoms with E-state index in [1.165, 1.54) is 30.3 Å². The molecule has 1 saturated carbocycles. The van der Waals surface area contributed by atoms with Gasteiger partial charge in [0.2, 0.25) is 5.91 Å². The Bertz CT molecular complexity index is 2120. The number of benzene rings is 4. The van der Waals surface area contributed by atoms with Crippen LogP contribution in [-0.4, -0.2) is 65.1 Å². The SMILES string of the molecule is C=CCOC(=O)C(N1C(=O)[C@H]([C@@H](C)O[Si](C)(C)C(C)(C)C)[C@H]1[C@H]1CCCC(C(O)c2ccc([N+](=O)[O-])cc2)C1=O)=P(c1ccccc1)(c1ccccc1)c1ccccc1. The molecule has 0 radical (unpaired) electrons. The van der Waals surface area contributed by atoms with Gasteiger partial charge in [-0.2, -0.15) is 0 Å². The van der Waals surface area contributed by atoms with Crippen molar-refractivity contribution in [1.82, 2.24) is 4.90 Å². The lowest BCUT2D eigenvalue weighted by atomic mass is 9.66. The van der Waals surface area contributed by atoms with E-state index >= 15 is 14.4 Å². The van der Waals surface area contributed by atoms with E-state index in [0.29, 0.717) is 24.8 Å². The van der Waals surface area contributed by atoms with Crippen LogP contribution in [-0.2, 0) is 23.5 Å². The molecule has 1 saturated heterocycles. The second-order valence-corrected chi connectivity index (χ2v) is 25.1. The number of nitrogens with zero attached hydrogens (tertiary/aromatic N) is 2. The molecule has 6 atom stereocenters. The lowest BCUT2D eigenvalue weighted by Crippen LogP contribution is -2.72. The van der Waals surface area contributed by atoms with Crippen molar-refractivity contribution < 1.29 is 33.6 Å². The number of esters is 1. The number of rotatable bonds is 14. The zero-order chi connectivity index (χ0) is 42.7. The second kappa shape index (κ2) is 17.7. The van der Waals surface area contributed by atoms with Crippen molar-refractivity contribution >= 4 is 59.9 Å². The van der Waals surface area contributed by atoms with Crippen LogP contribution in [0.15, 0.2) is 128 Å². The first-order valence-electron chi connectivity index (χ1n) is 20.2. The molecule has 59 heavy (non-hydrogen) atoms. The van der Waals surface area contributed by atoms with Crippen LogP contribution in [0.5, 0.6) is 0 Å². The molecule has 0 aromatic heterocycles. The fourth-order valence-electron chi connectivity index (χ4n) is 8.56. The van der Waals surface area contributed by atoms with Crippen molar-refractivity contribution in [3.05, 3.63) is 144 Å². The van der Waals surface area contributed by atoms with Gasteiger partial charge in [-0.3, -0.25) is 19.7 Å². The number of β-lactam (4-membered cyclic amide) rings is 1. The van der Waals surface area contributed by atoms with Gasteiger partial charge in [-0.25, -0.2) is 4.79 Å².